The Balaban J connectivity index is 1.69. The Morgan fingerprint density at radius 3 is 2.33 bits per heavy atom. The van der Waals surface area contributed by atoms with Gasteiger partial charge in [0.15, 0.2) is 0 Å². The maximum Gasteiger partial charge on any atom is 0.261 e. The molecule has 3 rings (SSSR count). The Morgan fingerprint density at radius 2 is 1.70 bits per heavy atom. The van der Waals surface area contributed by atoms with E-state index in [4.69, 9.17) is 23.2 Å². The Bertz CT molecular complexity index is 850. The summed E-state index contributed by atoms with van der Waals surface area (Å²) in [5, 5.41) is 0.749. The van der Waals surface area contributed by atoms with Crippen LogP contribution in [0.1, 0.15) is 34.6 Å². The standard InChI is InChI=1S/C18H19Cl2N5O2/c1-10-6-11(2)22-18(21-10)24-23-16(26)15-4-3-5-25(15)17(27)12-7-13(19)9-14(20)8-12/h6-9,15H,3-5H2,1-2H3,(H,23,26)(H,21,22,24)/t15-/m0/s1. The fraction of sp³-hybridized carbons (Fsp3) is 0.333. The Hall–Kier alpha value is -2.38. The van der Waals surface area contributed by atoms with E-state index in [-0.39, 0.29) is 11.8 Å². The third-order valence-electron chi connectivity index (χ3n) is 4.21. The van der Waals surface area contributed by atoms with Gasteiger partial charge in [-0.05, 0) is 51.0 Å². The molecule has 27 heavy (non-hydrogen) atoms. The normalized spacial score (nSPS) is 16.3. The van der Waals surface area contributed by atoms with Crippen LogP contribution in [0.3, 0.4) is 0 Å². The number of hydrazine groups is 1. The summed E-state index contributed by atoms with van der Waals surface area (Å²) in [7, 11) is 0. The molecule has 1 saturated heterocycles. The maximum absolute atomic E-state index is 12.8. The predicted octanol–water partition coefficient (Wildman–Crippen LogP) is 3.15. The topological polar surface area (TPSA) is 87.2 Å². The molecule has 9 heteroatoms. The smallest absolute Gasteiger partial charge is 0.261 e. The first kappa shape index (κ1) is 19.4. The second kappa shape index (κ2) is 8.10. The van der Waals surface area contributed by atoms with Crippen molar-refractivity contribution in [1.29, 1.82) is 0 Å². The highest BCUT2D eigenvalue weighted by Gasteiger charge is 2.34. The molecule has 0 radical (unpaired) electrons. The fourth-order valence-corrected chi connectivity index (χ4v) is 3.63. The molecule has 0 saturated carbocycles. The second-order valence-electron chi connectivity index (χ2n) is 6.40. The van der Waals surface area contributed by atoms with E-state index in [0.717, 1.165) is 17.8 Å². The van der Waals surface area contributed by atoms with Gasteiger partial charge in [0.2, 0.25) is 5.95 Å². The molecule has 0 spiro atoms. The molecule has 1 fully saturated rings. The lowest BCUT2D eigenvalue weighted by atomic mass is 10.1. The first-order chi connectivity index (χ1) is 12.8. The van der Waals surface area contributed by atoms with Crippen LogP contribution < -0.4 is 10.9 Å². The number of carbonyl (C=O) groups excluding carboxylic acids is 2. The molecule has 2 amide bonds. The second-order valence-corrected chi connectivity index (χ2v) is 7.28. The summed E-state index contributed by atoms with van der Waals surface area (Å²) in [4.78, 5) is 35.3. The van der Waals surface area contributed by atoms with Gasteiger partial charge in [0.05, 0.1) is 0 Å². The number of amides is 2. The quantitative estimate of drug-likeness (QED) is 0.759. The molecule has 1 aliphatic rings. The van der Waals surface area contributed by atoms with Gasteiger partial charge in [-0.1, -0.05) is 23.2 Å². The molecular formula is C18H19Cl2N5O2. The van der Waals surface area contributed by atoms with E-state index in [2.05, 4.69) is 20.8 Å². The number of rotatable bonds is 4. The van der Waals surface area contributed by atoms with Gasteiger partial charge < -0.3 is 4.90 Å². The lowest BCUT2D eigenvalue weighted by Crippen LogP contribution is -2.47. The number of aromatic nitrogens is 2. The van der Waals surface area contributed by atoms with Crippen LogP contribution in [-0.2, 0) is 4.79 Å². The van der Waals surface area contributed by atoms with Gasteiger partial charge in [-0.2, -0.15) is 0 Å². The first-order valence-electron chi connectivity index (χ1n) is 8.48. The van der Waals surface area contributed by atoms with Crippen molar-refractivity contribution in [3.8, 4) is 0 Å². The lowest BCUT2D eigenvalue weighted by molar-refractivity contribution is -0.124. The molecule has 0 aliphatic carbocycles. The van der Waals surface area contributed by atoms with Gasteiger partial charge in [-0.3, -0.25) is 20.4 Å². The van der Waals surface area contributed by atoms with E-state index < -0.39 is 6.04 Å². The van der Waals surface area contributed by atoms with Crippen molar-refractivity contribution in [2.24, 2.45) is 0 Å². The summed E-state index contributed by atoms with van der Waals surface area (Å²) in [6, 6.07) is 5.89. The van der Waals surface area contributed by atoms with E-state index in [1.165, 1.54) is 4.90 Å². The van der Waals surface area contributed by atoms with Crippen LogP contribution in [0.4, 0.5) is 5.95 Å². The number of nitrogens with one attached hydrogen (secondary N) is 2. The molecule has 0 bridgehead atoms. The molecule has 142 valence electrons. The molecule has 2 N–H and O–H groups in total. The number of aryl methyl sites for hydroxylation is 2. The molecule has 7 nitrogen and oxygen atoms in total. The van der Waals surface area contributed by atoms with Crippen LogP contribution >= 0.6 is 23.2 Å². The number of likely N-dealkylation sites (tertiary alicyclic amines) is 1. The van der Waals surface area contributed by atoms with Crippen LogP contribution in [0.15, 0.2) is 24.3 Å². The number of hydrogen-bond donors (Lipinski definition) is 2. The Labute approximate surface area is 167 Å². The van der Waals surface area contributed by atoms with Gasteiger partial charge in [-0.15, -0.1) is 0 Å². The molecule has 1 aromatic heterocycles. The molecule has 1 atom stereocenters. The first-order valence-corrected chi connectivity index (χ1v) is 9.24. The number of carbonyl (C=O) groups is 2. The summed E-state index contributed by atoms with van der Waals surface area (Å²) < 4.78 is 0. The number of halogens is 2. The third-order valence-corrected chi connectivity index (χ3v) is 4.64. The van der Waals surface area contributed by atoms with Crippen LogP contribution in [0.5, 0.6) is 0 Å². The summed E-state index contributed by atoms with van der Waals surface area (Å²) in [6.45, 7) is 4.17. The minimum absolute atomic E-state index is 0.278. The maximum atomic E-state index is 12.8. The van der Waals surface area contributed by atoms with Gasteiger partial charge >= 0.3 is 0 Å². The van der Waals surface area contributed by atoms with E-state index in [1.807, 2.05) is 19.9 Å². The fourth-order valence-electron chi connectivity index (χ4n) is 3.11. The van der Waals surface area contributed by atoms with Crippen LogP contribution in [-0.4, -0.2) is 39.3 Å². The van der Waals surface area contributed by atoms with Gasteiger partial charge in [0, 0.05) is 33.5 Å². The molecule has 2 aromatic rings. The van der Waals surface area contributed by atoms with Crippen molar-refractivity contribution in [3.05, 3.63) is 51.3 Å². The van der Waals surface area contributed by atoms with Crippen molar-refractivity contribution in [2.45, 2.75) is 32.7 Å². The SMILES string of the molecule is Cc1cc(C)nc(NNC(=O)[C@@H]2CCCN2C(=O)c2cc(Cl)cc(Cl)c2)n1. The van der Waals surface area contributed by atoms with E-state index in [9.17, 15) is 9.59 Å². The average Bonchev–Trinajstić information content (AvgIpc) is 3.07. The monoisotopic (exact) mass is 407 g/mol. The van der Waals surface area contributed by atoms with Crippen molar-refractivity contribution in [3.63, 3.8) is 0 Å². The highest BCUT2D eigenvalue weighted by molar-refractivity contribution is 6.35. The zero-order valence-corrected chi connectivity index (χ0v) is 16.4. The van der Waals surface area contributed by atoms with Crippen LogP contribution in [0, 0.1) is 13.8 Å². The summed E-state index contributed by atoms with van der Waals surface area (Å²) in [6.07, 6.45) is 1.30. The molecule has 2 heterocycles. The van der Waals surface area contributed by atoms with E-state index >= 15 is 0 Å². The highest BCUT2D eigenvalue weighted by atomic mass is 35.5. The van der Waals surface area contributed by atoms with Crippen molar-refractivity contribution in [1.82, 2.24) is 20.3 Å². The minimum Gasteiger partial charge on any atom is -0.327 e. The third kappa shape index (κ3) is 4.67. The summed E-state index contributed by atoms with van der Waals surface area (Å²) >= 11 is 12.0. The van der Waals surface area contributed by atoms with Gasteiger partial charge in [-0.25, -0.2) is 9.97 Å². The van der Waals surface area contributed by atoms with Gasteiger partial charge in [0.25, 0.3) is 11.8 Å². The number of anilines is 1. The highest BCUT2D eigenvalue weighted by Crippen LogP contribution is 2.24. The molecular weight excluding hydrogens is 389 g/mol. The van der Waals surface area contributed by atoms with E-state index in [1.54, 1.807) is 18.2 Å². The Kier molecular flexibility index (Phi) is 5.82. The van der Waals surface area contributed by atoms with Crippen molar-refractivity contribution in [2.75, 3.05) is 12.0 Å². The van der Waals surface area contributed by atoms with Crippen LogP contribution in [0.25, 0.3) is 0 Å². The zero-order chi connectivity index (χ0) is 19.6. The molecule has 1 aromatic carbocycles. The summed E-state index contributed by atoms with van der Waals surface area (Å²) in [5.74, 6) is -0.296. The van der Waals surface area contributed by atoms with Crippen molar-refractivity contribution < 1.29 is 9.59 Å². The van der Waals surface area contributed by atoms with Crippen LogP contribution in [0.2, 0.25) is 10.0 Å². The largest absolute Gasteiger partial charge is 0.327 e. The molecule has 0 unspecified atom stereocenters. The number of nitrogens with zero attached hydrogens (tertiary/aromatic N) is 3. The Morgan fingerprint density at radius 1 is 1.07 bits per heavy atom. The molecule has 1 aliphatic heterocycles. The number of benzene rings is 1. The predicted molar refractivity (Wildman–Crippen MR) is 104 cm³/mol. The minimum atomic E-state index is -0.589. The van der Waals surface area contributed by atoms with Crippen molar-refractivity contribution >= 4 is 41.0 Å². The lowest BCUT2D eigenvalue weighted by Gasteiger charge is -2.24. The van der Waals surface area contributed by atoms with E-state index in [0.29, 0.717) is 34.5 Å². The average molecular weight is 408 g/mol. The summed E-state index contributed by atoms with van der Waals surface area (Å²) in [5.41, 5.74) is 7.25. The number of hydrogen-bond acceptors (Lipinski definition) is 5. The van der Waals surface area contributed by atoms with Gasteiger partial charge in [0.1, 0.15) is 6.04 Å². The zero-order valence-electron chi connectivity index (χ0n) is 14.9.